The van der Waals surface area contributed by atoms with Gasteiger partial charge in [0, 0.05) is 6.04 Å². The summed E-state index contributed by atoms with van der Waals surface area (Å²) in [5.41, 5.74) is 0.322. The Hall–Kier alpha value is -0.0800. The summed E-state index contributed by atoms with van der Waals surface area (Å²) in [5, 5.41) is 12.8. The van der Waals surface area contributed by atoms with Crippen molar-refractivity contribution in [2.24, 2.45) is 5.41 Å². The third kappa shape index (κ3) is 2.80. The maximum atomic E-state index is 9.49. The van der Waals surface area contributed by atoms with Crippen LogP contribution in [-0.2, 0) is 0 Å². The van der Waals surface area contributed by atoms with Gasteiger partial charge in [0.1, 0.15) is 0 Å². The molecule has 2 nitrogen and oxygen atoms in total. The second kappa shape index (κ2) is 3.11. The predicted octanol–water partition coefficient (Wildman–Crippen LogP) is 1.15. The molecule has 66 valence electrons. The molecule has 1 rings (SSSR count). The number of hydrogen-bond acceptors (Lipinski definition) is 2. The Bertz CT molecular complexity index is 128. The molecule has 2 unspecified atom stereocenters. The zero-order valence-electron chi connectivity index (χ0n) is 7.72. The van der Waals surface area contributed by atoms with Gasteiger partial charge >= 0.3 is 0 Å². The first-order valence-corrected chi connectivity index (χ1v) is 4.40. The van der Waals surface area contributed by atoms with Crippen LogP contribution in [0.15, 0.2) is 0 Å². The van der Waals surface area contributed by atoms with E-state index in [1.807, 2.05) is 0 Å². The number of nitrogens with one attached hydrogen (secondary N) is 1. The first-order chi connectivity index (χ1) is 4.99. The van der Waals surface area contributed by atoms with Gasteiger partial charge < -0.3 is 10.4 Å². The second-order valence-corrected chi connectivity index (χ2v) is 4.68. The molecule has 1 aliphatic heterocycles. The van der Waals surface area contributed by atoms with Crippen LogP contribution in [0.2, 0.25) is 0 Å². The minimum Gasteiger partial charge on any atom is -0.391 e. The molecule has 0 aromatic carbocycles. The Kier molecular flexibility index (Phi) is 2.55. The van der Waals surface area contributed by atoms with Gasteiger partial charge in [0.2, 0.25) is 0 Å². The van der Waals surface area contributed by atoms with Crippen LogP contribution in [0.25, 0.3) is 0 Å². The van der Waals surface area contributed by atoms with Gasteiger partial charge in [-0.15, -0.1) is 0 Å². The molecule has 1 heterocycles. The summed E-state index contributed by atoms with van der Waals surface area (Å²) in [6.07, 6.45) is 1.86. The van der Waals surface area contributed by atoms with Crippen molar-refractivity contribution in [2.75, 3.05) is 6.54 Å². The average molecular weight is 157 g/mol. The maximum absolute atomic E-state index is 9.49. The van der Waals surface area contributed by atoms with E-state index in [-0.39, 0.29) is 6.10 Å². The lowest BCUT2D eigenvalue weighted by Crippen LogP contribution is -2.34. The number of hydrogen-bond donors (Lipinski definition) is 2. The predicted molar refractivity (Wildman–Crippen MR) is 46.5 cm³/mol. The second-order valence-electron chi connectivity index (χ2n) is 4.68. The van der Waals surface area contributed by atoms with Crippen LogP contribution in [0.3, 0.4) is 0 Å². The van der Waals surface area contributed by atoms with Crippen LogP contribution in [0.4, 0.5) is 0 Å². The van der Waals surface area contributed by atoms with Crippen molar-refractivity contribution in [3.8, 4) is 0 Å². The molecule has 1 saturated heterocycles. The van der Waals surface area contributed by atoms with Gasteiger partial charge in [-0.2, -0.15) is 0 Å². The third-order valence-electron chi connectivity index (χ3n) is 2.14. The fourth-order valence-electron chi connectivity index (χ4n) is 1.62. The third-order valence-corrected chi connectivity index (χ3v) is 2.14. The summed E-state index contributed by atoms with van der Waals surface area (Å²) in [4.78, 5) is 0. The van der Waals surface area contributed by atoms with Gasteiger partial charge in [-0.1, -0.05) is 20.8 Å². The van der Waals surface area contributed by atoms with E-state index in [1.165, 1.54) is 0 Å². The van der Waals surface area contributed by atoms with E-state index >= 15 is 0 Å². The zero-order valence-corrected chi connectivity index (χ0v) is 7.72. The molecular weight excluding hydrogens is 138 g/mol. The molecule has 0 aromatic heterocycles. The maximum Gasteiger partial charge on any atom is 0.0705 e. The minimum atomic E-state index is -0.116. The molecule has 0 bridgehead atoms. The number of rotatable bonds is 1. The normalized spacial score (nSPS) is 32.7. The standard InChI is InChI=1S/C9H19NO/c1-9(2,3)6-7-8(11)4-5-10-7/h7-8,10-11H,4-6H2,1-3H3. The van der Waals surface area contributed by atoms with Gasteiger partial charge in [0.15, 0.2) is 0 Å². The molecule has 1 aliphatic rings. The van der Waals surface area contributed by atoms with E-state index in [1.54, 1.807) is 0 Å². The van der Waals surface area contributed by atoms with Crippen LogP contribution in [0.5, 0.6) is 0 Å². The summed E-state index contributed by atoms with van der Waals surface area (Å²) in [6.45, 7) is 7.60. The molecule has 2 N–H and O–H groups in total. The molecule has 11 heavy (non-hydrogen) atoms. The molecule has 0 aliphatic carbocycles. The van der Waals surface area contributed by atoms with E-state index < -0.39 is 0 Å². The highest BCUT2D eigenvalue weighted by Crippen LogP contribution is 2.24. The molecule has 0 radical (unpaired) electrons. The van der Waals surface area contributed by atoms with Crippen molar-refractivity contribution in [2.45, 2.75) is 45.8 Å². The fraction of sp³-hybridized carbons (Fsp3) is 1.00. The van der Waals surface area contributed by atoms with E-state index in [0.717, 1.165) is 19.4 Å². The summed E-state index contributed by atoms with van der Waals surface area (Å²) >= 11 is 0. The molecule has 0 saturated carbocycles. The Morgan fingerprint density at radius 3 is 2.45 bits per heavy atom. The Morgan fingerprint density at radius 2 is 2.09 bits per heavy atom. The largest absolute Gasteiger partial charge is 0.391 e. The first-order valence-electron chi connectivity index (χ1n) is 4.40. The number of aliphatic hydroxyl groups excluding tert-OH is 1. The van der Waals surface area contributed by atoms with E-state index in [4.69, 9.17) is 0 Å². The quantitative estimate of drug-likeness (QED) is 0.598. The van der Waals surface area contributed by atoms with Crippen molar-refractivity contribution >= 4 is 0 Å². The zero-order chi connectivity index (χ0) is 8.48. The topological polar surface area (TPSA) is 32.3 Å². The smallest absolute Gasteiger partial charge is 0.0705 e. The Balaban J connectivity index is 2.37. The summed E-state index contributed by atoms with van der Waals surface area (Å²) in [7, 11) is 0. The molecule has 0 aromatic rings. The van der Waals surface area contributed by atoms with Crippen LogP contribution >= 0.6 is 0 Å². The van der Waals surface area contributed by atoms with Crippen LogP contribution in [0, 0.1) is 5.41 Å². The monoisotopic (exact) mass is 157 g/mol. The van der Waals surface area contributed by atoms with Crippen LogP contribution < -0.4 is 5.32 Å². The highest BCUT2D eigenvalue weighted by Gasteiger charge is 2.28. The molecule has 1 fully saturated rings. The van der Waals surface area contributed by atoms with E-state index in [9.17, 15) is 5.11 Å². The SMILES string of the molecule is CC(C)(C)CC1NCCC1O. The highest BCUT2D eigenvalue weighted by atomic mass is 16.3. The minimum absolute atomic E-state index is 0.116. The summed E-state index contributed by atoms with van der Waals surface area (Å²) < 4.78 is 0. The first kappa shape index (κ1) is 9.01. The van der Waals surface area contributed by atoms with Crippen molar-refractivity contribution < 1.29 is 5.11 Å². The average Bonchev–Trinajstić information content (AvgIpc) is 2.12. The molecule has 0 amide bonds. The lowest BCUT2D eigenvalue weighted by atomic mass is 9.87. The highest BCUT2D eigenvalue weighted by molar-refractivity contribution is 4.86. The van der Waals surface area contributed by atoms with E-state index in [2.05, 4.69) is 26.1 Å². The van der Waals surface area contributed by atoms with Gasteiger partial charge in [-0.25, -0.2) is 0 Å². The van der Waals surface area contributed by atoms with Crippen LogP contribution in [0.1, 0.15) is 33.6 Å². The fourth-order valence-corrected chi connectivity index (χ4v) is 1.62. The lowest BCUT2D eigenvalue weighted by molar-refractivity contribution is 0.136. The molecule has 2 heteroatoms. The lowest BCUT2D eigenvalue weighted by Gasteiger charge is -2.24. The van der Waals surface area contributed by atoms with Crippen molar-refractivity contribution in [1.29, 1.82) is 0 Å². The van der Waals surface area contributed by atoms with Gasteiger partial charge in [0.05, 0.1) is 6.10 Å². The summed E-state index contributed by atoms with van der Waals surface area (Å²) in [5.74, 6) is 0. The van der Waals surface area contributed by atoms with Crippen molar-refractivity contribution in [3.05, 3.63) is 0 Å². The summed E-state index contributed by atoms with van der Waals surface area (Å²) in [6, 6.07) is 0.329. The molecule has 2 atom stereocenters. The van der Waals surface area contributed by atoms with E-state index in [0.29, 0.717) is 11.5 Å². The van der Waals surface area contributed by atoms with Crippen molar-refractivity contribution in [1.82, 2.24) is 5.32 Å². The van der Waals surface area contributed by atoms with Gasteiger partial charge in [-0.3, -0.25) is 0 Å². The molecular formula is C9H19NO. The van der Waals surface area contributed by atoms with Crippen molar-refractivity contribution in [3.63, 3.8) is 0 Å². The van der Waals surface area contributed by atoms with Gasteiger partial charge in [0.25, 0.3) is 0 Å². The molecule has 0 spiro atoms. The Morgan fingerprint density at radius 1 is 1.45 bits per heavy atom. The number of aliphatic hydroxyl groups is 1. The van der Waals surface area contributed by atoms with Crippen LogP contribution in [-0.4, -0.2) is 23.8 Å². The Labute approximate surface area is 69.0 Å². The van der Waals surface area contributed by atoms with Gasteiger partial charge in [-0.05, 0) is 24.8 Å².